The van der Waals surface area contributed by atoms with Crippen molar-refractivity contribution in [2.24, 2.45) is 0 Å². The lowest BCUT2D eigenvalue weighted by Crippen LogP contribution is -2.24. The van der Waals surface area contributed by atoms with E-state index in [4.69, 9.17) is 14.3 Å². The maximum absolute atomic E-state index is 10.9. The molecule has 7 nitrogen and oxygen atoms in total. The molecule has 1 atom stereocenters. The maximum atomic E-state index is 10.9. The first kappa shape index (κ1) is 17.0. The summed E-state index contributed by atoms with van der Waals surface area (Å²) in [6.07, 6.45) is -0.190. The van der Waals surface area contributed by atoms with Crippen molar-refractivity contribution in [1.82, 2.24) is 15.1 Å². The third-order valence-electron chi connectivity index (χ3n) is 3.28. The zero-order valence-corrected chi connectivity index (χ0v) is 13.5. The van der Waals surface area contributed by atoms with Gasteiger partial charge in [-0.3, -0.25) is 4.90 Å². The van der Waals surface area contributed by atoms with E-state index in [1.807, 2.05) is 37.1 Å². The summed E-state index contributed by atoms with van der Waals surface area (Å²) < 4.78 is 11.0. The number of benzene rings is 1. The predicted octanol–water partition coefficient (Wildman–Crippen LogP) is 2.12. The van der Waals surface area contributed by atoms with Crippen molar-refractivity contribution >= 4 is 5.97 Å². The molecular formula is C16H21N3O4. The third-order valence-corrected chi connectivity index (χ3v) is 3.28. The molecule has 0 bridgehead atoms. The van der Waals surface area contributed by atoms with Crippen LogP contribution in [0.15, 0.2) is 28.7 Å². The zero-order valence-electron chi connectivity index (χ0n) is 13.5. The van der Waals surface area contributed by atoms with Crippen molar-refractivity contribution in [2.45, 2.75) is 39.5 Å². The number of aromatic nitrogens is 2. The lowest BCUT2D eigenvalue weighted by atomic mass is 10.2. The van der Waals surface area contributed by atoms with Crippen LogP contribution in [0, 0.1) is 0 Å². The molecule has 1 heterocycles. The molecule has 7 heteroatoms. The lowest BCUT2D eigenvalue weighted by molar-refractivity contribution is -0.144. The number of para-hydroxylation sites is 1. The van der Waals surface area contributed by atoms with Gasteiger partial charge in [-0.15, -0.1) is 10.2 Å². The summed E-state index contributed by atoms with van der Waals surface area (Å²) in [5.41, 5.74) is 0.901. The average Bonchev–Trinajstić information content (AvgIpc) is 2.96. The molecule has 0 radical (unpaired) electrons. The summed E-state index contributed by atoms with van der Waals surface area (Å²) in [5, 5.41) is 16.9. The quantitative estimate of drug-likeness (QED) is 0.797. The molecule has 0 amide bonds. The molecule has 0 saturated heterocycles. The second-order valence-electron chi connectivity index (χ2n) is 5.32. The van der Waals surface area contributed by atoms with Gasteiger partial charge < -0.3 is 14.3 Å². The molecule has 0 spiro atoms. The van der Waals surface area contributed by atoms with E-state index in [0.717, 1.165) is 5.56 Å². The van der Waals surface area contributed by atoms with E-state index < -0.39 is 12.1 Å². The van der Waals surface area contributed by atoms with Crippen LogP contribution in [-0.4, -0.2) is 39.3 Å². The van der Waals surface area contributed by atoms with E-state index in [9.17, 15) is 4.79 Å². The topological polar surface area (TPSA) is 88.7 Å². The minimum absolute atomic E-state index is 0.510. The van der Waals surface area contributed by atoms with Crippen molar-refractivity contribution in [2.75, 3.05) is 7.05 Å². The van der Waals surface area contributed by atoms with Gasteiger partial charge in [0.25, 0.3) is 0 Å². The number of carboxylic acid groups (broad SMARTS) is 1. The fourth-order valence-corrected chi connectivity index (χ4v) is 2.06. The molecule has 1 N–H and O–H groups in total. The van der Waals surface area contributed by atoms with E-state index in [0.29, 0.717) is 37.0 Å². The van der Waals surface area contributed by atoms with Crippen LogP contribution < -0.4 is 4.74 Å². The van der Waals surface area contributed by atoms with E-state index in [1.165, 1.54) is 6.92 Å². The van der Waals surface area contributed by atoms with Crippen LogP contribution in [0.5, 0.6) is 5.75 Å². The lowest BCUT2D eigenvalue weighted by Gasteiger charge is -2.18. The van der Waals surface area contributed by atoms with E-state index >= 15 is 0 Å². The summed E-state index contributed by atoms with van der Waals surface area (Å²) in [6.45, 7) is 4.55. The molecule has 124 valence electrons. The molecule has 0 aliphatic rings. The molecule has 1 aromatic carbocycles. The van der Waals surface area contributed by atoms with Gasteiger partial charge in [-0.25, -0.2) is 4.79 Å². The SMILES string of the molecule is CCc1nnc(CN(C)Cc2ccccc2O[C@@H](C)C(=O)O)o1. The van der Waals surface area contributed by atoms with Crippen LogP contribution in [0.4, 0.5) is 0 Å². The number of aryl methyl sites for hydroxylation is 1. The Hall–Kier alpha value is -2.41. The van der Waals surface area contributed by atoms with Gasteiger partial charge in [0.2, 0.25) is 11.8 Å². The van der Waals surface area contributed by atoms with Crippen molar-refractivity contribution < 1.29 is 19.1 Å². The van der Waals surface area contributed by atoms with Crippen molar-refractivity contribution in [1.29, 1.82) is 0 Å². The van der Waals surface area contributed by atoms with Gasteiger partial charge in [0.15, 0.2) is 6.10 Å². The molecular weight excluding hydrogens is 298 g/mol. The first-order valence-electron chi connectivity index (χ1n) is 7.46. The molecule has 23 heavy (non-hydrogen) atoms. The van der Waals surface area contributed by atoms with E-state index in [2.05, 4.69) is 10.2 Å². The standard InChI is InChI=1S/C16H21N3O4/c1-4-14-17-18-15(23-14)10-19(3)9-12-7-5-6-8-13(12)22-11(2)16(20)21/h5-8,11H,4,9-10H2,1-3H3,(H,20,21)/t11-/m0/s1. The number of carboxylic acids is 1. The minimum atomic E-state index is -0.994. The predicted molar refractivity (Wildman–Crippen MR) is 83.0 cm³/mol. The Labute approximate surface area is 134 Å². The zero-order chi connectivity index (χ0) is 16.8. The van der Waals surface area contributed by atoms with E-state index in [-0.39, 0.29) is 0 Å². The molecule has 0 aliphatic carbocycles. The first-order chi connectivity index (χ1) is 11.0. The second kappa shape index (κ2) is 7.73. The van der Waals surface area contributed by atoms with Crippen LogP contribution in [0.25, 0.3) is 0 Å². The van der Waals surface area contributed by atoms with Crippen LogP contribution >= 0.6 is 0 Å². The number of carbonyl (C=O) groups is 1. The fraction of sp³-hybridized carbons (Fsp3) is 0.438. The third kappa shape index (κ3) is 4.79. The highest BCUT2D eigenvalue weighted by molar-refractivity contribution is 5.72. The Morgan fingerprint density at radius 2 is 2.00 bits per heavy atom. The maximum Gasteiger partial charge on any atom is 0.344 e. The summed E-state index contributed by atoms with van der Waals surface area (Å²) in [5.74, 6) is 0.745. The van der Waals surface area contributed by atoms with Gasteiger partial charge in [-0.1, -0.05) is 25.1 Å². The second-order valence-corrected chi connectivity index (χ2v) is 5.32. The normalized spacial score (nSPS) is 12.3. The fourth-order valence-electron chi connectivity index (χ4n) is 2.06. The monoisotopic (exact) mass is 319 g/mol. The molecule has 2 rings (SSSR count). The molecule has 2 aromatic rings. The van der Waals surface area contributed by atoms with E-state index in [1.54, 1.807) is 6.07 Å². The van der Waals surface area contributed by atoms with Gasteiger partial charge in [-0.2, -0.15) is 0 Å². The van der Waals surface area contributed by atoms with Crippen LogP contribution in [0.3, 0.4) is 0 Å². The minimum Gasteiger partial charge on any atom is -0.479 e. The number of ether oxygens (including phenoxy) is 1. The Balaban J connectivity index is 2.02. The number of rotatable bonds is 8. The average molecular weight is 319 g/mol. The molecule has 0 saturated carbocycles. The van der Waals surface area contributed by atoms with Gasteiger partial charge in [0.1, 0.15) is 5.75 Å². The van der Waals surface area contributed by atoms with Gasteiger partial charge in [0.05, 0.1) is 6.54 Å². The summed E-state index contributed by atoms with van der Waals surface area (Å²) in [7, 11) is 1.92. The largest absolute Gasteiger partial charge is 0.479 e. The Morgan fingerprint density at radius 1 is 1.30 bits per heavy atom. The van der Waals surface area contributed by atoms with Gasteiger partial charge in [-0.05, 0) is 20.0 Å². The number of hydrogen-bond acceptors (Lipinski definition) is 6. The Bertz CT molecular complexity index is 656. The van der Waals surface area contributed by atoms with Crippen molar-refractivity contribution in [3.8, 4) is 5.75 Å². The smallest absolute Gasteiger partial charge is 0.344 e. The van der Waals surface area contributed by atoms with Crippen LogP contribution in [-0.2, 0) is 24.3 Å². The molecule has 0 fully saturated rings. The number of aliphatic carboxylic acids is 1. The molecule has 1 aromatic heterocycles. The van der Waals surface area contributed by atoms with Gasteiger partial charge in [0, 0.05) is 18.5 Å². The van der Waals surface area contributed by atoms with Crippen molar-refractivity contribution in [3.05, 3.63) is 41.6 Å². The van der Waals surface area contributed by atoms with Crippen LogP contribution in [0.2, 0.25) is 0 Å². The highest BCUT2D eigenvalue weighted by Crippen LogP contribution is 2.21. The first-order valence-corrected chi connectivity index (χ1v) is 7.46. The highest BCUT2D eigenvalue weighted by Gasteiger charge is 2.16. The highest BCUT2D eigenvalue weighted by atomic mass is 16.5. The summed E-state index contributed by atoms with van der Waals surface area (Å²) in [6, 6.07) is 7.39. The Morgan fingerprint density at radius 3 is 2.65 bits per heavy atom. The molecule has 0 aliphatic heterocycles. The Kier molecular flexibility index (Phi) is 5.70. The number of hydrogen-bond donors (Lipinski definition) is 1. The number of nitrogens with zero attached hydrogens (tertiary/aromatic N) is 3. The molecule has 0 unspecified atom stereocenters. The van der Waals surface area contributed by atoms with Gasteiger partial charge >= 0.3 is 5.97 Å². The summed E-state index contributed by atoms with van der Waals surface area (Å²) in [4.78, 5) is 12.9. The van der Waals surface area contributed by atoms with Crippen molar-refractivity contribution in [3.63, 3.8) is 0 Å². The summed E-state index contributed by atoms with van der Waals surface area (Å²) >= 11 is 0. The van der Waals surface area contributed by atoms with Crippen LogP contribution in [0.1, 0.15) is 31.2 Å².